The fraction of sp³-hybridized carbons (Fsp3) is 0. The molecule has 0 amide bonds. The van der Waals surface area contributed by atoms with Gasteiger partial charge in [0, 0.05) is 11.1 Å². The summed E-state index contributed by atoms with van der Waals surface area (Å²) in [7, 11) is 0. The topological polar surface area (TPSA) is 38.9 Å². The number of nitrogen functional groups attached to an aromatic ring is 1. The number of nitrogens with zero attached hydrogens (tertiary/aromatic N) is 1. The lowest BCUT2D eigenvalue weighted by molar-refractivity contribution is 0.625. The van der Waals surface area contributed by atoms with E-state index in [9.17, 15) is 4.39 Å². The average molecular weight is 197 g/mol. The Bertz CT molecular complexity index is 470. The molecule has 2 N–H and O–H groups in total. The zero-order valence-corrected chi connectivity index (χ0v) is 7.35. The van der Waals surface area contributed by atoms with E-state index in [1.54, 1.807) is 18.2 Å². The number of benzene rings is 1. The van der Waals surface area contributed by atoms with E-state index in [1.807, 2.05) is 0 Å². The Labute approximate surface area is 79.1 Å². The van der Waals surface area contributed by atoms with Crippen LogP contribution in [0, 0.1) is 5.82 Å². The molecule has 1 heterocycles. The molecular formula is C9H6ClFN2. The highest BCUT2D eigenvalue weighted by Gasteiger charge is 2.03. The first-order chi connectivity index (χ1) is 6.16. The van der Waals surface area contributed by atoms with Crippen molar-refractivity contribution in [2.75, 3.05) is 5.73 Å². The second kappa shape index (κ2) is 2.85. The van der Waals surface area contributed by atoms with Crippen molar-refractivity contribution in [2.45, 2.75) is 0 Å². The van der Waals surface area contributed by atoms with Crippen molar-refractivity contribution in [1.29, 1.82) is 0 Å². The monoisotopic (exact) mass is 196 g/mol. The highest BCUT2D eigenvalue weighted by molar-refractivity contribution is 6.29. The van der Waals surface area contributed by atoms with E-state index in [4.69, 9.17) is 17.3 Å². The molecule has 0 unspecified atom stereocenters. The molecule has 0 saturated carbocycles. The van der Waals surface area contributed by atoms with Gasteiger partial charge in [-0.3, -0.25) is 0 Å². The van der Waals surface area contributed by atoms with Gasteiger partial charge in [0.15, 0.2) is 11.0 Å². The Morgan fingerprint density at radius 3 is 2.85 bits per heavy atom. The number of nitrogens with two attached hydrogens (primary N) is 1. The zero-order chi connectivity index (χ0) is 9.42. The van der Waals surface area contributed by atoms with Crippen molar-refractivity contribution in [3.8, 4) is 0 Å². The van der Waals surface area contributed by atoms with Crippen LogP contribution in [0.3, 0.4) is 0 Å². The second-order valence-corrected chi connectivity index (χ2v) is 3.07. The van der Waals surface area contributed by atoms with Gasteiger partial charge in [-0.25, -0.2) is 9.37 Å². The molecule has 0 bridgehead atoms. The molecule has 2 aromatic rings. The third-order valence-electron chi connectivity index (χ3n) is 1.75. The van der Waals surface area contributed by atoms with E-state index in [0.717, 1.165) is 0 Å². The number of anilines is 1. The van der Waals surface area contributed by atoms with Crippen LogP contribution in [0.4, 0.5) is 10.1 Å². The lowest BCUT2D eigenvalue weighted by Crippen LogP contribution is -1.88. The van der Waals surface area contributed by atoms with Crippen molar-refractivity contribution in [1.82, 2.24) is 4.98 Å². The Balaban J connectivity index is 2.81. The fourth-order valence-electron chi connectivity index (χ4n) is 1.15. The molecule has 13 heavy (non-hydrogen) atoms. The van der Waals surface area contributed by atoms with E-state index >= 15 is 0 Å². The third-order valence-corrected chi connectivity index (χ3v) is 2.01. The highest BCUT2D eigenvalue weighted by atomic mass is 35.5. The van der Waals surface area contributed by atoms with Gasteiger partial charge in [-0.05, 0) is 24.3 Å². The predicted molar refractivity (Wildman–Crippen MR) is 51.1 cm³/mol. The highest BCUT2D eigenvalue weighted by Crippen LogP contribution is 2.20. The first-order valence-corrected chi connectivity index (χ1v) is 4.06. The molecule has 0 saturated heterocycles. The van der Waals surface area contributed by atoms with Gasteiger partial charge in [0.25, 0.3) is 0 Å². The average Bonchev–Trinajstić information content (AvgIpc) is 2.08. The Morgan fingerprint density at radius 2 is 2.08 bits per heavy atom. The summed E-state index contributed by atoms with van der Waals surface area (Å²) in [6, 6.07) is 6.38. The summed E-state index contributed by atoms with van der Waals surface area (Å²) in [5.74, 6) is -0.528. The van der Waals surface area contributed by atoms with Crippen LogP contribution in [0.25, 0.3) is 10.9 Å². The minimum atomic E-state index is -0.528. The van der Waals surface area contributed by atoms with Gasteiger partial charge in [-0.1, -0.05) is 11.6 Å². The van der Waals surface area contributed by atoms with Gasteiger partial charge >= 0.3 is 0 Å². The molecule has 4 heteroatoms. The van der Waals surface area contributed by atoms with Crippen molar-refractivity contribution < 1.29 is 4.39 Å². The van der Waals surface area contributed by atoms with E-state index in [2.05, 4.69) is 4.98 Å². The summed E-state index contributed by atoms with van der Waals surface area (Å²) >= 11 is 5.51. The molecule has 0 aliphatic heterocycles. The van der Waals surface area contributed by atoms with Crippen LogP contribution in [0.1, 0.15) is 0 Å². The summed E-state index contributed by atoms with van der Waals surface area (Å²) in [6.45, 7) is 0. The zero-order valence-electron chi connectivity index (χ0n) is 6.59. The van der Waals surface area contributed by atoms with Crippen LogP contribution in [0.15, 0.2) is 24.3 Å². The van der Waals surface area contributed by atoms with Crippen LogP contribution >= 0.6 is 11.6 Å². The Morgan fingerprint density at radius 1 is 1.31 bits per heavy atom. The molecule has 2 nitrogen and oxygen atoms in total. The number of aromatic nitrogens is 1. The molecule has 0 fully saturated rings. The van der Waals surface area contributed by atoms with Gasteiger partial charge in [0.2, 0.25) is 0 Å². The van der Waals surface area contributed by atoms with Crippen molar-refractivity contribution in [3.63, 3.8) is 0 Å². The van der Waals surface area contributed by atoms with Crippen molar-refractivity contribution in [3.05, 3.63) is 35.2 Å². The lowest BCUT2D eigenvalue weighted by Gasteiger charge is -1.99. The number of halogens is 2. The van der Waals surface area contributed by atoms with Gasteiger partial charge in [-0.2, -0.15) is 0 Å². The summed E-state index contributed by atoms with van der Waals surface area (Å²) in [5, 5.41) is 0.541. The standard InChI is InChI=1S/C9H6ClFN2/c10-9-7(11)4-5-3-6(12)1-2-8(5)13-9/h1-4H,12H2. The summed E-state index contributed by atoms with van der Waals surface area (Å²) < 4.78 is 12.9. The van der Waals surface area contributed by atoms with Crippen LogP contribution < -0.4 is 5.73 Å². The van der Waals surface area contributed by atoms with Gasteiger partial charge in [-0.15, -0.1) is 0 Å². The molecule has 1 aromatic carbocycles. The predicted octanol–water partition coefficient (Wildman–Crippen LogP) is 2.61. The molecule has 0 atom stereocenters. The molecular weight excluding hydrogens is 191 g/mol. The molecule has 0 aliphatic rings. The van der Waals surface area contributed by atoms with Crippen LogP contribution in [0.2, 0.25) is 5.15 Å². The molecule has 2 rings (SSSR count). The second-order valence-electron chi connectivity index (χ2n) is 2.71. The Kier molecular flexibility index (Phi) is 1.81. The molecule has 0 aliphatic carbocycles. The van der Waals surface area contributed by atoms with Crippen molar-refractivity contribution >= 4 is 28.2 Å². The minimum absolute atomic E-state index is 0.114. The first-order valence-electron chi connectivity index (χ1n) is 3.68. The van der Waals surface area contributed by atoms with Crippen LogP contribution in [0.5, 0.6) is 0 Å². The maximum atomic E-state index is 12.9. The number of hydrogen-bond acceptors (Lipinski definition) is 2. The summed E-state index contributed by atoms with van der Waals surface area (Å²) in [4.78, 5) is 3.85. The maximum absolute atomic E-state index is 12.9. The number of rotatable bonds is 0. The molecule has 1 aromatic heterocycles. The van der Waals surface area contributed by atoms with Crippen LogP contribution in [-0.2, 0) is 0 Å². The molecule has 0 spiro atoms. The largest absolute Gasteiger partial charge is 0.399 e. The van der Waals surface area contributed by atoms with Crippen LogP contribution in [-0.4, -0.2) is 4.98 Å². The Hall–Kier alpha value is -1.35. The normalized spacial score (nSPS) is 10.6. The van der Waals surface area contributed by atoms with E-state index in [0.29, 0.717) is 16.6 Å². The van der Waals surface area contributed by atoms with Crippen molar-refractivity contribution in [2.24, 2.45) is 0 Å². The SMILES string of the molecule is Nc1ccc2nc(Cl)c(F)cc2c1. The van der Waals surface area contributed by atoms with Gasteiger partial charge in [0.1, 0.15) is 0 Å². The van der Waals surface area contributed by atoms with E-state index < -0.39 is 5.82 Å². The number of pyridine rings is 1. The molecule has 0 radical (unpaired) electrons. The molecule has 66 valence electrons. The minimum Gasteiger partial charge on any atom is -0.399 e. The lowest BCUT2D eigenvalue weighted by atomic mass is 10.2. The first kappa shape index (κ1) is 8.26. The smallest absolute Gasteiger partial charge is 0.165 e. The number of hydrogen-bond donors (Lipinski definition) is 1. The van der Waals surface area contributed by atoms with E-state index in [-0.39, 0.29) is 5.15 Å². The summed E-state index contributed by atoms with van der Waals surface area (Å²) in [5.41, 5.74) is 6.75. The number of fused-ring (bicyclic) bond motifs is 1. The van der Waals surface area contributed by atoms with Gasteiger partial charge < -0.3 is 5.73 Å². The third kappa shape index (κ3) is 1.42. The fourth-order valence-corrected chi connectivity index (χ4v) is 1.29. The van der Waals surface area contributed by atoms with E-state index in [1.165, 1.54) is 6.07 Å². The summed E-state index contributed by atoms with van der Waals surface area (Å²) in [6.07, 6.45) is 0. The van der Waals surface area contributed by atoms with Gasteiger partial charge in [0.05, 0.1) is 5.52 Å². The maximum Gasteiger partial charge on any atom is 0.165 e. The quantitative estimate of drug-likeness (QED) is 0.520.